The predicted octanol–water partition coefficient (Wildman–Crippen LogP) is 5.71. The van der Waals surface area contributed by atoms with Crippen LogP contribution in [0.15, 0.2) is 114 Å². The number of anilines is 2. The van der Waals surface area contributed by atoms with Crippen molar-refractivity contribution >= 4 is 58.8 Å². The first-order chi connectivity index (χ1) is 22.7. The lowest BCUT2D eigenvalue weighted by atomic mass is 10.1. The second-order valence-corrected chi connectivity index (χ2v) is 11.6. The van der Waals surface area contributed by atoms with Crippen molar-refractivity contribution in [3.63, 3.8) is 0 Å². The van der Waals surface area contributed by atoms with E-state index in [1.807, 2.05) is 6.92 Å². The summed E-state index contributed by atoms with van der Waals surface area (Å²) in [6.07, 6.45) is 1.59. The molecule has 11 heteroatoms. The molecule has 4 amide bonds. The molecule has 47 heavy (non-hydrogen) atoms. The number of hydrogen-bond donors (Lipinski definition) is 2. The Morgan fingerprint density at radius 2 is 1.55 bits per heavy atom. The van der Waals surface area contributed by atoms with Crippen molar-refractivity contribution < 1.29 is 33.4 Å². The average Bonchev–Trinajstić information content (AvgIpc) is 3.37. The highest BCUT2D eigenvalue weighted by atomic mass is 32.2. The summed E-state index contributed by atoms with van der Waals surface area (Å²) in [5.74, 6) is -1.50. The zero-order valence-electron chi connectivity index (χ0n) is 25.6. The minimum atomic E-state index is -0.639. The maximum atomic E-state index is 13.4. The van der Waals surface area contributed by atoms with Gasteiger partial charge in [0.15, 0.2) is 0 Å². The fourth-order valence-corrected chi connectivity index (χ4v) is 5.80. The summed E-state index contributed by atoms with van der Waals surface area (Å²) >= 11 is 1.24. The number of benzene rings is 4. The van der Waals surface area contributed by atoms with Crippen LogP contribution in [0.4, 0.5) is 11.4 Å². The number of esters is 1. The molecule has 1 atom stereocenters. The third kappa shape index (κ3) is 8.13. The van der Waals surface area contributed by atoms with E-state index in [0.29, 0.717) is 40.4 Å². The van der Waals surface area contributed by atoms with Crippen LogP contribution in [0.3, 0.4) is 0 Å². The van der Waals surface area contributed by atoms with Crippen LogP contribution in [-0.2, 0) is 19.1 Å². The minimum Gasteiger partial charge on any atom is -0.494 e. The molecule has 1 aliphatic heterocycles. The van der Waals surface area contributed by atoms with Crippen molar-refractivity contribution in [1.82, 2.24) is 5.32 Å². The summed E-state index contributed by atoms with van der Waals surface area (Å²) in [4.78, 5) is 65.8. The van der Waals surface area contributed by atoms with Gasteiger partial charge in [0.05, 0.1) is 30.2 Å². The van der Waals surface area contributed by atoms with Crippen molar-refractivity contribution in [1.29, 1.82) is 0 Å². The number of ether oxygens (including phenoxy) is 2. The van der Waals surface area contributed by atoms with E-state index in [1.165, 1.54) is 43.1 Å². The van der Waals surface area contributed by atoms with Gasteiger partial charge >= 0.3 is 5.97 Å². The second kappa shape index (κ2) is 15.1. The highest BCUT2D eigenvalue weighted by molar-refractivity contribution is 8.00. The maximum Gasteiger partial charge on any atom is 0.337 e. The van der Waals surface area contributed by atoms with Crippen molar-refractivity contribution in [3.8, 4) is 5.75 Å². The molecule has 1 heterocycles. The van der Waals surface area contributed by atoms with Gasteiger partial charge in [-0.05, 0) is 91.4 Å². The van der Waals surface area contributed by atoms with Gasteiger partial charge in [0.25, 0.3) is 11.8 Å². The molecule has 1 saturated heterocycles. The molecule has 0 saturated carbocycles. The smallest absolute Gasteiger partial charge is 0.337 e. The first kappa shape index (κ1) is 32.7. The largest absolute Gasteiger partial charge is 0.494 e. The minimum absolute atomic E-state index is 0.0154. The first-order valence-electron chi connectivity index (χ1n) is 14.7. The summed E-state index contributed by atoms with van der Waals surface area (Å²) in [5, 5.41) is 4.89. The van der Waals surface area contributed by atoms with Crippen LogP contribution in [0.1, 0.15) is 39.6 Å². The van der Waals surface area contributed by atoms with Gasteiger partial charge < -0.3 is 20.1 Å². The molecule has 4 aromatic carbocycles. The Labute approximate surface area is 275 Å². The van der Waals surface area contributed by atoms with E-state index in [1.54, 1.807) is 84.9 Å². The lowest BCUT2D eigenvalue weighted by Gasteiger charge is -2.15. The number of hydrogen-bond acceptors (Lipinski definition) is 8. The number of carbonyl (C=O) groups is 5. The number of thioether (sulfide) groups is 1. The van der Waals surface area contributed by atoms with E-state index in [9.17, 15) is 24.0 Å². The molecule has 0 bridgehead atoms. The Bertz CT molecular complexity index is 1810. The molecule has 1 unspecified atom stereocenters. The number of imide groups is 1. The van der Waals surface area contributed by atoms with E-state index >= 15 is 0 Å². The Balaban J connectivity index is 1.26. The third-order valence-electron chi connectivity index (χ3n) is 7.07. The molecule has 0 aromatic heterocycles. The molecular formula is C36H31N3O7S. The van der Waals surface area contributed by atoms with Gasteiger partial charge in [-0.2, -0.15) is 0 Å². The number of rotatable bonds is 11. The van der Waals surface area contributed by atoms with E-state index in [4.69, 9.17) is 9.47 Å². The summed E-state index contributed by atoms with van der Waals surface area (Å²) in [5.41, 5.74) is 2.27. The monoisotopic (exact) mass is 649 g/mol. The molecule has 0 radical (unpaired) electrons. The van der Waals surface area contributed by atoms with E-state index in [2.05, 4.69) is 10.6 Å². The summed E-state index contributed by atoms with van der Waals surface area (Å²) in [7, 11) is 1.28. The van der Waals surface area contributed by atoms with Gasteiger partial charge in [0, 0.05) is 22.6 Å². The summed E-state index contributed by atoms with van der Waals surface area (Å²) < 4.78 is 10.2. The number of methoxy groups -OCH3 is 1. The SMILES string of the molecule is CCOc1ccc(/C=C(\NC(=O)c2ccccc2)C(=O)Nc2ccc(SC3CC(=O)N(c4ccc(C(=O)OC)cc4)C3=O)cc2)cc1. The molecular weight excluding hydrogens is 618 g/mol. The third-order valence-corrected chi connectivity index (χ3v) is 8.27. The molecule has 0 aliphatic carbocycles. The quantitative estimate of drug-likeness (QED) is 0.120. The first-order valence-corrected chi connectivity index (χ1v) is 15.6. The highest BCUT2D eigenvalue weighted by Crippen LogP contribution is 2.34. The number of carbonyl (C=O) groups excluding carboxylic acids is 5. The Morgan fingerprint density at radius 1 is 0.872 bits per heavy atom. The van der Waals surface area contributed by atoms with Crippen LogP contribution >= 0.6 is 11.8 Å². The molecule has 5 rings (SSSR count). The van der Waals surface area contributed by atoms with Crippen LogP contribution in [0.25, 0.3) is 6.08 Å². The maximum absolute atomic E-state index is 13.4. The molecule has 4 aromatic rings. The van der Waals surface area contributed by atoms with Gasteiger partial charge in [-0.3, -0.25) is 19.2 Å². The zero-order valence-corrected chi connectivity index (χ0v) is 26.4. The molecule has 0 spiro atoms. The van der Waals surface area contributed by atoms with Crippen LogP contribution in [-0.4, -0.2) is 48.6 Å². The summed E-state index contributed by atoms with van der Waals surface area (Å²) in [6, 6.07) is 28.6. The van der Waals surface area contributed by atoms with Gasteiger partial charge in [0.2, 0.25) is 11.8 Å². The van der Waals surface area contributed by atoms with Gasteiger partial charge in [-0.1, -0.05) is 30.3 Å². The standard InChI is InChI=1S/C36H31N3O7S/c1-3-46-28-17-9-23(10-18-28)21-30(38-33(41)24-7-5-4-6-8-24)34(42)37-26-13-19-29(20-14-26)47-31-22-32(40)39(35(31)43)27-15-11-25(12-16-27)36(44)45-2/h4-21,31H,3,22H2,1-2H3,(H,37,42)(H,38,41)/b30-21-. The van der Waals surface area contributed by atoms with Crippen LogP contribution in [0, 0.1) is 0 Å². The van der Waals surface area contributed by atoms with Crippen LogP contribution < -0.4 is 20.3 Å². The lowest BCUT2D eigenvalue weighted by Crippen LogP contribution is -2.31. The Hall–Kier alpha value is -5.68. The molecule has 238 valence electrons. The Morgan fingerprint density at radius 3 is 2.19 bits per heavy atom. The van der Waals surface area contributed by atoms with Gasteiger partial charge in [-0.25, -0.2) is 9.69 Å². The molecule has 1 aliphatic rings. The zero-order chi connectivity index (χ0) is 33.3. The van der Waals surface area contributed by atoms with Crippen LogP contribution in [0.2, 0.25) is 0 Å². The van der Waals surface area contributed by atoms with Crippen molar-refractivity contribution in [2.45, 2.75) is 23.5 Å². The number of nitrogens with one attached hydrogen (secondary N) is 2. The normalized spacial score (nSPS) is 14.5. The van der Waals surface area contributed by atoms with E-state index in [-0.39, 0.29) is 23.9 Å². The highest BCUT2D eigenvalue weighted by Gasteiger charge is 2.40. The lowest BCUT2D eigenvalue weighted by molar-refractivity contribution is -0.121. The molecule has 2 N–H and O–H groups in total. The van der Waals surface area contributed by atoms with E-state index in [0.717, 1.165) is 9.80 Å². The fourth-order valence-electron chi connectivity index (χ4n) is 4.75. The number of nitrogens with zero attached hydrogens (tertiary/aromatic N) is 1. The molecule has 1 fully saturated rings. The van der Waals surface area contributed by atoms with Crippen LogP contribution in [0.5, 0.6) is 5.75 Å². The van der Waals surface area contributed by atoms with E-state index < -0.39 is 23.0 Å². The van der Waals surface area contributed by atoms with Crippen molar-refractivity contribution in [3.05, 3.63) is 126 Å². The van der Waals surface area contributed by atoms with Gasteiger partial charge in [0.1, 0.15) is 11.4 Å². The van der Waals surface area contributed by atoms with Crippen molar-refractivity contribution in [2.75, 3.05) is 23.9 Å². The van der Waals surface area contributed by atoms with Crippen molar-refractivity contribution in [2.24, 2.45) is 0 Å². The molecule has 10 nitrogen and oxygen atoms in total. The number of amides is 4. The Kier molecular flexibility index (Phi) is 10.5. The summed E-state index contributed by atoms with van der Waals surface area (Å²) in [6.45, 7) is 2.41. The second-order valence-electron chi connectivity index (χ2n) is 10.3. The fraction of sp³-hybridized carbons (Fsp3) is 0.139. The topological polar surface area (TPSA) is 131 Å². The average molecular weight is 650 g/mol. The van der Waals surface area contributed by atoms with Gasteiger partial charge in [-0.15, -0.1) is 11.8 Å². The predicted molar refractivity (Wildman–Crippen MR) is 179 cm³/mol.